The third kappa shape index (κ3) is 3.10. The second-order valence-corrected chi connectivity index (χ2v) is 17.5. The molecule has 1 aromatic heterocycles. The summed E-state index contributed by atoms with van der Waals surface area (Å²) in [5, 5.41) is 13.3. The van der Waals surface area contributed by atoms with Crippen LogP contribution in [0.2, 0.25) is 12.1 Å². The summed E-state index contributed by atoms with van der Waals surface area (Å²) < 4.78 is 3.79. The van der Waals surface area contributed by atoms with Crippen LogP contribution < -0.4 is 5.19 Å². The summed E-state index contributed by atoms with van der Waals surface area (Å²) in [5.41, 5.74) is 2.89. The average molecular weight is 664 g/mol. The van der Waals surface area contributed by atoms with Crippen LogP contribution in [0.15, 0.2) is 46.6 Å². The molecule has 0 fully saturated rings. The van der Waals surface area contributed by atoms with E-state index in [0.29, 0.717) is 5.75 Å². The Labute approximate surface area is 192 Å². The predicted molar refractivity (Wildman–Crippen MR) is 132 cm³/mol. The van der Waals surface area contributed by atoms with Crippen LogP contribution in [-0.4, -0.2) is 39.2 Å². The molecule has 2 aromatic rings. The van der Waals surface area contributed by atoms with E-state index >= 15 is 0 Å². The van der Waals surface area contributed by atoms with E-state index in [2.05, 4.69) is 65.1 Å². The Morgan fingerprint density at radius 2 is 1.93 bits per heavy atom. The van der Waals surface area contributed by atoms with Crippen LogP contribution in [0.5, 0.6) is 5.75 Å². The van der Waals surface area contributed by atoms with Gasteiger partial charge in [0.05, 0.1) is 0 Å². The topological polar surface area (TPSA) is 49.7 Å². The Balaban J connectivity index is 2.13. The summed E-state index contributed by atoms with van der Waals surface area (Å²) in [6.07, 6.45) is 5.28. The van der Waals surface area contributed by atoms with Crippen LogP contribution in [0, 0.1) is 6.01 Å². The SMILES string of the molecule is CC[Si]1(CC)C2=CC(=O)C=CC2=Nc2ccc(O)c(-c3[se]c(I)cc3I)c21. The number of hydrogen-bond acceptors (Lipinski definition) is 3. The van der Waals surface area contributed by atoms with Gasteiger partial charge in [-0.1, -0.05) is 0 Å². The predicted octanol–water partition coefficient (Wildman–Crippen LogP) is 4.71. The van der Waals surface area contributed by atoms with Gasteiger partial charge in [0, 0.05) is 0 Å². The molecule has 0 saturated carbocycles. The fraction of sp³-hybridized carbons (Fsp3) is 0.200. The van der Waals surface area contributed by atoms with Gasteiger partial charge in [-0.05, 0) is 0 Å². The monoisotopic (exact) mass is 665 g/mol. The first-order chi connectivity index (χ1) is 12.9. The zero-order chi connectivity index (χ0) is 19.3. The molecule has 0 atom stereocenters. The van der Waals surface area contributed by atoms with Crippen LogP contribution in [0.1, 0.15) is 13.8 Å². The van der Waals surface area contributed by atoms with Gasteiger partial charge in [-0.15, -0.1) is 0 Å². The summed E-state index contributed by atoms with van der Waals surface area (Å²) in [4.78, 5) is 17.1. The molecule has 4 rings (SSSR count). The van der Waals surface area contributed by atoms with E-state index in [4.69, 9.17) is 4.99 Å². The quantitative estimate of drug-likeness (QED) is 0.294. The van der Waals surface area contributed by atoms with Crippen LogP contribution in [0.25, 0.3) is 10.0 Å². The summed E-state index contributed by atoms with van der Waals surface area (Å²) in [6, 6.07) is 7.91. The number of phenolic OH excluding ortho intramolecular Hbond substituents is 1. The first-order valence-corrected chi connectivity index (χ1v) is 15.0. The van der Waals surface area contributed by atoms with Gasteiger partial charge in [0.1, 0.15) is 0 Å². The molecule has 0 saturated heterocycles. The van der Waals surface area contributed by atoms with Crippen molar-refractivity contribution in [1.29, 1.82) is 0 Å². The van der Waals surface area contributed by atoms with Crippen LogP contribution in [0.3, 0.4) is 0 Å². The first-order valence-electron chi connectivity index (χ1n) is 8.76. The molecule has 1 aromatic carbocycles. The fourth-order valence-electron chi connectivity index (χ4n) is 4.14. The molecule has 2 aliphatic rings. The van der Waals surface area contributed by atoms with Crippen LogP contribution in [0.4, 0.5) is 5.69 Å². The Hall–Kier alpha value is -0.484. The fourth-order valence-corrected chi connectivity index (χ4v) is 14.4. The second kappa shape index (κ2) is 7.40. The van der Waals surface area contributed by atoms with E-state index in [9.17, 15) is 9.90 Å². The van der Waals surface area contributed by atoms with Crippen molar-refractivity contribution in [2.45, 2.75) is 25.9 Å². The maximum atomic E-state index is 12.2. The van der Waals surface area contributed by atoms with E-state index in [1.807, 2.05) is 12.1 Å². The Morgan fingerprint density at radius 3 is 2.56 bits per heavy atom. The van der Waals surface area contributed by atoms with Gasteiger partial charge >= 0.3 is 194 Å². The Bertz CT molecular complexity index is 1060. The molecule has 27 heavy (non-hydrogen) atoms. The zero-order valence-electron chi connectivity index (χ0n) is 14.8. The molecule has 0 radical (unpaired) electrons. The minimum absolute atomic E-state index is 0.0444. The number of rotatable bonds is 3. The second-order valence-electron chi connectivity index (χ2n) is 6.66. The van der Waals surface area contributed by atoms with Crippen molar-refractivity contribution in [2.75, 3.05) is 0 Å². The normalized spacial score (nSPS) is 17.3. The molecular formula is C20H17I2NO2SeSi. The summed E-state index contributed by atoms with van der Waals surface area (Å²) >= 11 is 4.98. The van der Waals surface area contributed by atoms with E-state index in [0.717, 1.165) is 34.2 Å². The average Bonchev–Trinajstić information content (AvgIpc) is 2.98. The van der Waals surface area contributed by atoms with E-state index in [1.165, 1.54) is 15.6 Å². The third-order valence-electron chi connectivity index (χ3n) is 5.46. The molecule has 2 heterocycles. The van der Waals surface area contributed by atoms with Crippen molar-refractivity contribution < 1.29 is 9.90 Å². The number of aromatic hydroxyl groups is 1. The summed E-state index contributed by atoms with van der Waals surface area (Å²) in [6.45, 7) is 4.45. The maximum absolute atomic E-state index is 12.2. The number of halogens is 2. The number of ketones is 1. The number of allylic oxidation sites excluding steroid dienone is 4. The molecule has 1 N–H and O–H groups in total. The van der Waals surface area contributed by atoms with Crippen LogP contribution in [-0.2, 0) is 4.79 Å². The molecule has 7 heteroatoms. The van der Waals surface area contributed by atoms with Gasteiger partial charge in [-0.25, -0.2) is 0 Å². The molecule has 0 unspecified atom stereocenters. The van der Waals surface area contributed by atoms with Crippen molar-refractivity contribution >= 4 is 90.1 Å². The molecule has 3 nitrogen and oxygen atoms in total. The third-order valence-corrected chi connectivity index (χ3v) is 15.9. The number of carbonyl (C=O) groups excluding carboxylic acids is 1. The number of benzene rings is 1. The molecule has 1 aliphatic carbocycles. The van der Waals surface area contributed by atoms with Gasteiger partial charge in [0.15, 0.2) is 0 Å². The molecule has 138 valence electrons. The molecule has 0 bridgehead atoms. The number of carbonyl (C=O) groups is 1. The Kier molecular flexibility index (Phi) is 5.43. The van der Waals surface area contributed by atoms with Crippen molar-refractivity contribution in [2.24, 2.45) is 4.99 Å². The van der Waals surface area contributed by atoms with Gasteiger partial charge in [-0.2, -0.15) is 0 Å². The van der Waals surface area contributed by atoms with Gasteiger partial charge in [0.25, 0.3) is 0 Å². The van der Waals surface area contributed by atoms with Crippen LogP contribution >= 0.6 is 45.2 Å². The van der Waals surface area contributed by atoms with Crippen molar-refractivity contribution in [3.63, 3.8) is 0 Å². The summed E-state index contributed by atoms with van der Waals surface area (Å²) in [5.74, 6) is 0.387. The van der Waals surface area contributed by atoms with Gasteiger partial charge in [-0.3, -0.25) is 0 Å². The summed E-state index contributed by atoms with van der Waals surface area (Å²) in [7, 11) is -2.21. The number of fused-ring (bicyclic) bond motifs is 2. The first kappa shape index (κ1) is 19.8. The number of hydrogen-bond donors (Lipinski definition) is 1. The number of phenols is 1. The Morgan fingerprint density at radius 1 is 1.19 bits per heavy atom. The van der Waals surface area contributed by atoms with Gasteiger partial charge < -0.3 is 0 Å². The van der Waals surface area contributed by atoms with E-state index in [-0.39, 0.29) is 20.3 Å². The minimum atomic E-state index is -2.21. The van der Waals surface area contributed by atoms with Crippen molar-refractivity contribution in [3.8, 4) is 15.8 Å². The van der Waals surface area contributed by atoms with E-state index < -0.39 is 8.07 Å². The number of nitrogens with zero attached hydrogens (tertiary/aromatic N) is 1. The van der Waals surface area contributed by atoms with Crippen molar-refractivity contribution in [1.82, 2.24) is 0 Å². The van der Waals surface area contributed by atoms with Crippen molar-refractivity contribution in [3.05, 3.63) is 47.6 Å². The molecule has 1 aliphatic heterocycles. The van der Waals surface area contributed by atoms with E-state index in [1.54, 1.807) is 18.2 Å². The van der Waals surface area contributed by atoms with Gasteiger partial charge in [0.2, 0.25) is 0 Å². The molecular weight excluding hydrogens is 647 g/mol. The standard InChI is InChI=1S/C20H17I2NO2SeSi/c1-3-27(4-2)16-9-11(24)5-6-13(16)23-14-7-8-15(25)18(20(14)27)19-12(21)10-17(22)26-19/h5-10,25H,3-4H2,1-2H3. The molecule has 0 amide bonds. The molecule has 0 spiro atoms. The zero-order valence-corrected chi connectivity index (χ0v) is 21.9. The number of aliphatic imine (C=N–C) groups is 1.